The van der Waals surface area contributed by atoms with Crippen molar-refractivity contribution < 1.29 is 9.90 Å². The number of amides is 1. The van der Waals surface area contributed by atoms with Gasteiger partial charge in [-0.2, -0.15) is 0 Å². The van der Waals surface area contributed by atoms with Crippen LogP contribution in [0.15, 0.2) is 24.3 Å². The molecule has 2 aliphatic carbocycles. The van der Waals surface area contributed by atoms with Gasteiger partial charge in [0, 0.05) is 18.7 Å². The monoisotopic (exact) mass is 245 g/mol. The molecule has 3 heteroatoms. The van der Waals surface area contributed by atoms with E-state index in [4.69, 9.17) is 0 Å². The van der Waals surface area contributed by atoms with E-state index in [2.05, 4.69) is 0 Å². The van der Waals surface area contributed by atoms with Crippen molar-refractivity contribution in [3.05, 3.63) is 29.8 Å². The Balaban J connectivity index is 1.72. The molecule has 0 heterocycles. The average molecular weight is 245 g/mol. The number of phenolic OH excluding ortho intramolecular Hbond substituents is 1. The first-order valence-electron chi connectivity index (χ1n) is 6.80. The zero-order valence-corrected chi connectivity index (χ0v) is 10.5. The Morgan fingerprint density at radius 2 is 1.78 bits per heavy atom. The van der Waals surface area contributed by atoms with E-state index in [9.17, 15) is 9.90 Å². The van der Waals surface area contributed by atoms with Gasteiger partial charge in [0.05, 0.1) is 0 Å². The first-order valence-corrected chi connectivity index (χ1v) is 6.80. The van der Waals surface area contributed by atoms with Crippen LogP contribution < -0.4 is 0 Å². The van der Waals surface area contributed by atoms with E-state index in [0.717, 1.165) is 13.1 Å². The molecule has 0 unspecified atom stereocenters. The largest absolute Gasteiger partial charge is 0.508 e. The Kier molecular flexibility index (Phi) is 2.98. The average Bonchev–Trinajstić information content (AvgIpc) is 3.22. The number of carbonyl (C=O) groups excluding carboxylic acids is 1. The van der Waals surface area contributed by atoms with Crippen molar-refractivity contribution in [1.29, 1.82) is 0 Å². The van der Waals surface area contributed by atoms with Crippen LogP contribution in [0.4, 0.5) is 0 Å². The number of carbonyl (C=O) groups is 1. The Morgan fingerprint density at radius 3 is 2.28 bits per heavy atom. The van der Waals surface area contributed by atoms with E-state index < -0.39 is 0 Å². The highest BCUT2D eigenvalue weighted by Gasteiger charge is 2.31. The molecule has 3 nitrogen and oxygen atoms in total. The Bertz CT molecular complexity index is 436. The molecule has 96 valence electrons. The minimum absolute atomic E-state index is 0.0738. The SMILES string of the molecule is O=C(c1cccc(O)c1)N(CC1CC1)CC1CC1. The van der Waals surface area contributed by atoms with Gasteiger partial charge in [0.1, 0.15) is 5.75 Å². The normalized spacial score (nSPS) is 18.7. The predicted molar refractivity (Wildman–Crippen MR) is 69.5 cm³/mol. The molecule has 2 aliphatic rings. The molecule has 0 radical (unpaired) electrons. The lowest BCUT2D eigenvalue weighted by Gasteiger charge is -2.22. The summed E-state index contributed by atoms with van der Waals surface area (Å²) < 4.78 is 0. The van der Waals surface area contributed by atoms with Crippen LogP contribution in [0.2, 0.25) is 0 Å². The summed E-state index contributed by atoms with van der Waals surface area (Å²) in [5.41, 5.74) is 0.608. The van der Waals surface area contributed by atoms with Crippen molar-refractivity contribution >= 4 is 5.91 Å². The van der Waals surface area contributed by atoms with E-state index in [1.165, 1.54) is 25.7 Å². The topological polar surface area (TPSA) is 40.5 Å². The van der Waals surface area contributed by atoms with E-state index in [1.807, 2.05) is 4.90 Å². The van der Waals surface area contributed by atoms with E-state index in [0.29, 0.717) is 17.4 Å². The lowest BCUT2D eigenvalue weighted by Crippen LogP contribution is -2.34. The third kappa shape index (κ3) is 2.84. The highest BCUT2D eigenvalue weighted by atomic mass is 16.3. The number of rotatable bonds is 5. The first kappa shape index (κ1) is 11.6. The summed E-state index contributed by atoms with van der Waals surface area (Å²) in [6.07, 6.45) is 5.03. The number of nitrogens with zero attached hydrogens (tertiary/aromatic N) is 1. The molecule has 2 fully saturated rings. The second-order valence-corrected chi connectivity index (χ2v) is 5.65. The van der Waals surface area contributed by atoms with Crippen molar-refractivity contribution in [2.45, 2.75) is 25.7 Å². The molecule has 0 saturated heterocycles. The summed E-state index contributed by atoms with van der Waals surface area (Å²) in [5, 5.41) is 9.46. The van der Waals surface area contributed by atoms with Gasteiger partial charge in [-0.25, -0.2) is 0 Å². The van der Waals surface area contributed by atoms with Crippen LogP contribution in [-0.4, -0.2) is 29.0 Å². The summed E-state index contributed by atoms with van der Waals surface area (Å²) in [4.78, 5) is 14.4. The highest BCUT2D eigenvalue weighted by Crippen LogP contribution is 2.34. The zero-order valence-electron chi connectivity index (χ0n) is 10.5. The summed E-state index contributed by atoms with van der Waals surface area (Å²) in [6, 6.07) is 6.68. The van der Waals surface area contributed by atoms with Crippen LogP contribution in [0.5, 0.6) is 5.75 Å². The van der Waals surface area contributed by atoms with E-state index >= 15 is 0 Å². The molecule has 0 aliphatic heterocycles. The highest BCUT2D eigenvalue weighted by molar-refractivity contribution is 5.94. The van der Waals surface area contributed by atoms with Crippen LogP contribution in [0.1, 0.15) is 36.0 Å². The van der Waals surface area contributed by atoms with Crippen LogP contribution >= 0.6 is 0 Å². The van der Waals surface area contributed by atoms with Gasteiger partial charge in [-0.1, -0.05) is 6.07 Å². The minimum Gasteiger partial charge on any atom is -0.508 e. The van der Waals surface area contributed by atoms with Gasteiger partial charge in [-0.3, -0.25) is 4.79 Å². The van der Waals surface area contributed by atoms with Crippen LogP contribution in [0, 0.1) is 11.8 Å². The fourth-order valence-corrected chi connectivity index (χ4v) is 2.29. The van der Waals surface area contributed by atoms with Gasteiger partial charge in [-0.15, -0.1) is 0 Å². The molecule has 0 bridgehead atoms. The molecule has 18 heavy (non-hydrogen) atoms. The summed E-state index contributed by atoms with van der Waals surface area (Å²) in [6.45, 7) is 1.79. The van der Waals surface area contributed by atoms with Crippen molar-refractivity contribution in [1.82, 2.24) is 4.90 Å². The third-order valence-corrected chi connectivity index (χ3v) is 3.73. The van der Waals surface area contributed by atoms with Gasteiger partial charge < -0.3 is 10.0 Å². The number of hydrogen-bond donors (Lipinski definition) is 1. The first-order chi connectivity index (χ1) is 8.72. The second kappa shape index (κ2) is 4.63. The van der Waals surface area contributed by atoms with Gasteiger partial charge in [0.25, 0.3) is 5.91 Å². The Hall–Kier alpha value is -1.51. The molecule has 1 amide bonds. The molecule has 0 spiro atoms. The standard InChI is InChI=1S/C15H19NO2/c17-14-3-1-2-13(8-14)15(18)16(9-11-4-5-11)10-12-6-7-12/h1-3,8,11-12,17H,4-7,9-10H2. The number of hydrogen-bond acceptors (Lipinski definition) is 2. The van der Waals surface area contributed by atoms with Gasteiger partial charge >= 0.3 is 0 Å². The molecular formula is C15H19NO2. The fraction of sp³-hybridized carbons (Fsp3) is 0.533. The molecule has 0 atom stereocenters. The lowest BCUT2D eigenvalue weighted by atomic mass is 10.1. The number of benzene rings is 1. The van der Waals surface area contributed by atoms with Gasteiger partial charge in [0.2, 0.25) is 0 Å². The zero-order chi connectivity index (χ0) is 12.5. The van der Waals surface area contributed by atoms with E-state index in [1.54, 1.807) is 24.3 Å². The molecule has 2 saturated carbocycles. The van der Waals surface area contributed by atoms with Gasteiger partial charge in [-0.05, 0) is 55.7 Å². The van der Waals surface area contributed by atoms with Gasteiger partial charge in [0.15, 0.2) is 0 Å². The van der Waals surface area contributed by atoms with Crippen molar-refractivity contribution in [3.8, 4) is 5.75 Å². The lowest BCUT2D eigenvalue weighted by molar-refractivity contribution is 0.0739. The molecular weight excluding hydrogens is 226 g/mol. The summed E-state index contributed by atoms with van der Waals surface area (Å²) in [7, 11) is 0. The Morgan fingerprint density at radius 1 is 1.17 bits per heavy atom. The minimum atomic E-state index is 0.0738. The molecule has 1 N–H and O–H groups in total. The fourth-order valence-electron chi connectivity index (χ4n) is 2.29. The molecule has 1 aromatic rings. The van der Waals surface area contributed by atoms with Crippen molar-refractivity contribution in [3.63, 3.8) is 0 Å². The molecule has 0 aromatic heterocycles. The molecule has 1 aromatic carbocycles. The van der Waals surface area contributed by atoms with Crippen LogP contribution in [-0.2, 0) is 0 Å². The van der Waals surface area contributed by atoms with E-state index in [-0.39, 0.29) is 11.7 Å². The second-order valence-electron chi connectivity index (χ2n) is 5.65. The smallest absolute Gasteiger partial charge is 0.254 e. The quantitative estimate of drug-likeness (QED) is 0.866. The van der Waals surface area contributed by atoms with Crippen molar-refractivity contribution in [2.24, 2.45) is 11.8 Å². The maximum atomic E-state index is 12.4. The third-order valence-electron chi connectivity index (χ3n) is 3.73. The Labute approximate surface area is 107 Å². The molecule has 3 rings (SSSR count). The van der Waals surface area contributed by atoms with Crippen molar-refractivity contribution in [2.75, 3.05) is 13.1 Å². The maximum absolute atomic E-state index is 12.4. The number of phenols is 1. The maximum Gasteiger partial charge on any atom is 0.254 e. The van der Waals surface area contributed by atoms with Crippen LogP contribution in [0.25, 0.3) is 0 Å². The van der Waals surface area contributed by atoms with Crippen LogP contribution in [0.3, 0.4) is 0 Å². The predicted octanol–water partition coefficient (Wildman–Crippen LogP) is 2.65. The summed E-state index contributed by atoms with van der Waals surface area (Å²) >= 11 is 0. The summed E-state index contributed by atoms with van der Waals surface area (Å²) in [5.74, 6) is 1.67. The number of aromatic hydroxyl groups is 1.